The van der Waals surface area contributed by atoms with E-state index < -0.39 is 11.6 Å². The Balaban J connectivity index is 1.39. The van der Waals surface area contributed by atoms with Gasteiger partial charge in [0.05, 0.1) is 15.6 Å². The quantitative estimate of drug-likeness (QED) is 0.264. The van der Waals surface area contributed by atoms with E-state index in [1.54, 1.807) is 41.1 Å². The van der Waals surface area contributed by atoms with Gasteiger partial charge < -0.3 is 5.32 Å². The van der Waals surface area contributed by atoms with Gasteiger partial charge >= 0.3 is 6.03 Å². The number of benzene rings is 2. The number of carbonyl (C=O) groups excluding carboxylic acids is 1. The van der Waals surface area contributed by atoms with Crippen molar-refractivity contribution in [2.75, 3.05) is 13.1 Å². The van der Waals surface area contributed by atoms with Gasteiger partial charge in [0.2, 0.25) is 0 Å². The number of fused-ring (bicyclic) bond motifs is 3. The van der Waals surface area contributed by atoms with E-state index in [2.05, 4.69) is 15.2 Å². The molecule has 1 amide bonds. The SMILES string of the molecule is O=C(NCc1ccnc(Cl)c1)n1c2c(c3cc(Cl)c(Cl)cc31)CN(C/C=C/c1ccc(F)c(F)c1)CC2. The average molecular weight is 562 g/mol. The first-order valence-electron chi connectivity index (χ1n) is 11.5. The molecule has 4 aromatic rings. The van der Waals surface area contributed by atoms with Crippen LogP contribution in [0.1, 0.15) is 22.4 Å². The third-order valence-electron chi connectivity index (χ3n) is 6.32. The molecule has 2 aromatic heterocycles. The highest BCUT2D eigenvalue weighted by Gasteiger charge is 2.27. The van der Waals surface area contributed by atoms with E-state index in [1.165, 1.54) is 6.07 Å². The van der Waals surface area contributed by atoms with Gasteiger partial charge in [-0.05, 0) is 53.1 Å². The lowest BCUT2D eigenvalue weighted by Crippen LogP contribution is -2.34. The van der Waals surface area contributed by atoms with Crippen LogP contribution >= 0.6 is 34.8 Å². The number of nitrogens with zero attached hydrogens (tertiary/aromatic N) is 3. The van der Waals surface area contributed by atoms with Crippen molar-refractivity contribution in [2.45, 2.75) is 19.5 Å². The van der Waals surface area contributed by atoms with E-state index in [0.717, 1.165) is 34.3 Å². The van der Waals surface area contributed by atoms with Crippen molar-refractivity contribution in [1.82, 2.24) is 19.8 Å². The fourth-order valence-electron chi connectivity index (χ4n) is 4.56. The van der Waals surface area contributed by atoms with Crippen LogP contribution in [0.4, 0.5) is 13.6 Å². The summed E-state index contributed by atoms with van der Waals surface area (Å²) in [5.74, 6) is -1.75. The summed E-state index contributed by atoms with van der Waals surface area (Å²) in [4.78, 5) is 19.5. The van der Waals surface area contributed by atoms with E-state index >= 15 is 0 Å². The Bertz CT molecular complexity index is 1540. The van der Waals surface area contributed by atoms with Crippen LogP contribution < -0.4 is 5.32 Å². The second-order valence-electron chi connectivity index (χ2n) is 8.75. The van der Waals surface area contributed by atoms with Gasteiger partial charge in [-0.1, -0.05) is 53.0 Å². The minimum Gasteiger partial charge on any atom is -0.333 e. The van der Waals surface area contributed by atoms with Gasteiger partial charge in [-0.2, -0.15) is 0 Å². The number of halogens is 5. The smallest absolute Gasteiger partial charge is 0.326 e. The van der Waals surface area contributed by atoms with Crippen LogP contribution in [0.15, 0.2) is 54.7 Å². The molecule has 0 fully saturated rings. The van der Waals surface area contributed by atoms with Gasteiger partial charge in [-0.15, -0.1) is 0 Å². The standard InChI is InChI=1S/C27H21Cl3F2N4O/c28-20-12-18-19-15-35(8-1-2-16-3-4-22(31)23(32)10-16)9-6-24(19)36(25(18)13-21(20)29)27(37)34-14-17-5-7-33-26(30)11-17/h1-5,7,10-13H,6,8-9,14-15H2,(H,34,37)/b2-1+. The van der Waals surface area contributed by atoms with Gasteiger partial charge in [0.25, 0.3) is 0 Å². The highest BCUT2D eigenvalue weighted by Crippen LogP contribution is 2.36. The maximum absolute atomic E-state index is 13.5. The number of nitrogens with one attached hydrogen (secondary N) is 1. The molecule has 1 aliphatic heterocycles. The van der Waals surface area contributed by atoms with Crippen LogP contribution in [0.25, 0.3) is 17.0 Å². The molecule has 0 atom stereocenters. The largest absolute Gasteiger partial charge is 0.333 e. The molecule has 0 unspecified atom stereocenters. The predicted molar refractivity (Wildman–Crippen MR) is 143 cm³/mol. The molecule has 0 aliphatic carbocycles. The molecule has 5 rings (SSSR count). The average Bonchev–Trinajstić information content (AvgIpc) is 3.17. The summed E-state index contributed by atoms with van der Waals surface area (Å²) in [5, 5.41) is 4.95. The Morgan fingerprint density at radius 1 is 1.05 bits per heavy atom. The van der Waals surface area contributed by atoms with Crippen LogP contribution in [0.5, 0.6) is 0 Å². The molecule has 0 spiro atoms. The summed E-state index contributed by atoms with van der Waals surface area (Å²) in [6.45, 7) is 2.19. The van der Waals surface area contributed by atoms with Crippen molar-refractivity contribution >= 4 is 57.8 Å². The lowest BCUT2D eigenvalue weighted by molar-refractivity contribution is 0.240. The second-order valence-corrected chi connectivity index (χ2v) is 9.95. The zero-order valence-corrected chi connectivity index (χ0v) is 21.7. The predicted octanol–water partition coefficient (Wildman–Crippen LogP) is 7.10. The lowest BCUT2D eigenvalue weighted by Gasteiger charge is -2.27. The van der Waals surface area contributed by atoms with Gasteiger partial charge in [0.1, 0.15) is 5.15 Å². The highest BCUT2D eigenvalue weighted by atomic mass is 35.5. The molecule has 0 bridgehead atoms. The molecule has 3 heterocycles. The normalized spacial score (nSPS) is 13.9. The molecule has 1 aliphatic rings. The van der Waals surface area contributed by atoms with Crippen LogP contribution in [0.3, 0.4) is 0 Å². The first kappa shape index (κ1) is 25.7. The maximum Gasteiger partial charge on any atom is 0.326 e. The van der Waals surface area contributed by atoms with E-state index in [1.807, 2.05) is 6.08 Å². The summed E-state index contributed by atoms with van der Waals surface area (Å²) in [6, 6.07) is 10.5. The van der Waals surface area contributed by atoms with Crippen molar-refractivity contribution < 1.29 is 13.6 Å². The molecule has 2 aromatic carbocycles. The molecule has 0 radical (unpaired) electrons. The molecule has 37 heavy (non-hydrogen) atoms. The first-order chi connectivity index (χ1) is 17.8. The Morgan fingerprint density at radius 3 is 2.65 bits per heavy atom. The van der Waals surface area contributed by atoms with Crippen molar-refractivity contribution in [3.05, 3.63) is 104 Å². The van der Waals surface area contributed by atoms with E-state index in [4.69, 9.17) is 34.8 Å². The molecule has 5 nitrogen and oxygen atoms in total. The molecular formula is C27H21Cl3F2N4O. The Kier molecular flexibility index (Phi) is 7.49. The van der Waals surface area contributed by atoms with E-state index in [-0.39, 0.29) is 12.6 Å². The van der Waals surface area contributed by atoms with Gasteiger partial charge in [0.15, 0.2) is 11.6 Å². The monoisotopic (exact) mass is 560 g/mol. The summed E-state index contributed by atoms with van der Waals surface area (Å²) < 4.78 is 28.3. The first-order valence-corrected chi connectivity index (χ1v) is 12.7. The third kappa shape index (κ3) is 5.50. The highest BCUT2D eigenvalue weighted by molar-refractivity contribution is 6.42. The molecule has 0 saturated carbocycles. The van der Waals surface area contributed by atoms with Crippen molar-refractivity contribution in [1.29, 1.82) is 0 Å². The van der Waals surface area contributed by atoms with Crippen LogP contribution in [-0.4, -0.2) is 33.6 Å². The Hall–Kier alpha value is -2.97. The van der Waals surface area contributed by atoms with Crippen LogP contribution in [-0.2, 0) is 19.5 Å². The van der Waals surface area contributed by atoms with E-state index in [0.29, 0.717) is 52.3 Å². The Morgan fingerprint density at radius 2 is 1.86 bits per heavy atom. The van der Waals surface area contributed by atoms with Crippen LogP contribution in [0, 0.1) is 11.6 Å². The zero-order chi connectivity index (χ0) is 26.1. The summed E-state index contributed by atoms with van der Waals surface area (Å²) >= 11 is 18.6. The number of aromatic nitrogens is 2. The molecule has 190 valence electrons. The minimum absolute atomic E-state index is 0.274. The number of rotatable bonds is 5. The van der Waals surface area contributed by atoms with Gasteiger partial charge in [-0.25, -0.2) is 18.6 Å². The number of hydrogen-bond donors (Lipinski definition) is 1. The van der Waals surface area contributed by atoms with Crippen LogP contribution in [0.2, 0.25) is 15.2 Å². The summed E-state index contributed by atoms with van der Waals surface area (Å²) in [5.41, 5.74) is 4.01. The van der Waals surface area contributed by atoms with Gasteiger partial charge in [0, 0.05) is 49.9 Å². The zero-order valence-electron chi connectivity index (χ0n) is 19.4. The number of carbonyl (C=O) groups is 1. The fourth-order valence-corrected chi connectivity index (χ4v) is 5.07. The van der Waals surface area contributed by atoms with Crippen molar-refractivity contribution in [3.8, 4) is 0 Å². The topological polar surface area (TPSA) is 50.2 Å². The number of amides is 1. The van der Waals surface area contributed by atoms with Gasteiger partial charge in [-0.3, -0.25) is 9.47 Å². The molecule has 0 saturated heterocycles. The molecule has 10 heteroatoms. The lowest BCUT2D eigenvalue weighted by atomic mass is 10.0. The Labute approximate surface area is 227 Å². The number of hydrogen-bond acceptors (Lipinski definition) is 3. The maximum atomic E-state index is 13.5. The molecule has 1 N–H and O–H groups in total. The number of pyridine rings is 1. The summed E-state index contributed by atoms with van der Waals surface area (Å²) in [6.07, 6.45) is 5.89. The van der Waals surface area contributed by atoms with E-state index in [9.17, 15) is 13.6 Å². The van der Waals surface area contributed by atoms with Crippen molar-refractivity contribution in [2.24, 2.45) is 0 Å². The summed E-state index contributed by atoms with van der Waals surface area (Å²) in [7, 11) is 0. The van der Waals surface area contributed by atoms with Crippen molar-refractivity contribution in [3.63, 3.8) is 0 Å². The fraction of sp³-hybridized carbons (Fsp3) is 0.185. The molecular weight excluding hydrogens is 541 g/mol. The third-order valence-corrected chi connectivity index (χ3v) is 7.25. The minimum atomic E-state index is -0.876. The second kappa shape index (κ2) is 10.8.